The number of carbonyl (C=O) groups excluding carboxylic acids is 3. The third-order valence-corrected chi connectivity index (χ3v) is 5.82. The molecule has 0 N–H and O–H groups in total. The van der Waals surface area contributed by atoms with Gasteiger partial charge in [-0.15, -0.1) is 0 Å². The fourth-order valence-electron chi connectivity index (χ4n) is 3.62. The SMILES string of the molecule is O=C(Oc1cc(OC(=O)c2ccc(OC(F)=C(F)F)cc2)cc(OC(=O)c2ccc(OC(F)=C(F)F)cc2)c1)c1ccc(OC(F)=C(F)F)cc1. The maximum Gasteiger partial charge on any atom is 0.344 e. The molecule has 0 amide bonds. The highest BCUT2D eigenvalue weighted by molar-refractivity contribution is 5.93. The molecular weight excluding hydrogens is 711 g/mol. The Morgan fingerprint density at radius 2 is 0.529 bits per heavy atom. The van der Waals surface area contributed by atoms with Gasteiger partial charge in [-0.2, -0.15) is 39.5 Å². The average Bonchev–Trinajstić information content (AvgIpc) is 3.08. The fourth-order valence-corrected chi connectivity index (χ4v) is 3.62. The van der Waals surface area contributed by atoms with Crippen LogP contribution in [0.2, 0.25) is 0 Å². The van der Waals surface area contributed by atoms with E-state index in [0.29, 0.717) is 0 Å². The zero-order valence-corrected chi connectivity index (χ0v) is 24.7. The monoisotopic (exact) mass is 726 g/mol. The molecular formula is C33H15F9O9. The van der Waals surface area contributed by atoms with Crippen LogP contribution in [0.25, 0.3) is 0 Å². The maximum atomic E-state index is 13.1. The first-order valence-electron chi connectivity index (χ1n) is 13.5. The first kappa shape index (κ1) is 37.1. The molecule has 0 fully saturated rings. The van der Waals surface area contributed by atoms with Crippen LogP contribution in [0.3, 0.4) is 0 Å². The van der Waals surface area contributed by atoms with Crippen molar-refractivity contribution >= 4 is 17.9 Å². The molecule has 0 saturated carbocycles. The van der Waals surface area contributed by atoms with Crippen molar-refractivity contribution in [1.29, 1.82) is 0 Å². The zero-order valence-electron chi connectivity index (χ0n) is 24.7. The lowest BCUT2D eigenvalue weighted by atomic mass is 10.2. The molecule has 51 heavy (non-hydrogen) atoms. The number of benzene rings is 4. The molecule has 0 aliphatic heterocycles. The molecule has 0 radical (unpaired) electrons. The van der Waals surface area contributed by atoms with Gasteiger partial charge in [0.15, 0.2) is 0 Å². The highest BCUT2D eigenvalue weighted by Gasteiger charge is 2.18. The van der Waals surface area contributed by atoms with Crippen molar-refractivity contribution in [2.24, 2.45) is 0 Å². The third kappa shape index (κ3) is 10.6. The van der Waals surface area contributed by atoms with E-state index in [1.165, 1.54) is 0 Å². The molecule has 0 spiro atoms. The smallest absolute Gasteiger partial charge is 0.344 e. The fraction of sp³-hybridized carbons (Fsp3) is 0. The van der Waals surface area contributed by atoms with Gasteiger partial charge in [0.05, 0.1) is 16.7 Å². The van der Waals surface area contributed by atoms with Crippen LogP contribution in [0, 0.1) is 0 Å². The van der Waals surface area contributed by atoms with Gasteiger partial charge < -0.3 is 28.4 Å². The van der Waals surface area contributed by atoms with Crippen molar-refractivity contribution in [2.75, 3.05) is 0 Å². The van der Waals surface area contributed by atoms with E-state index in [-0.39, 0.29) is 16.7 Å². The third-order valence-electron chi connectivity index (χ3n) is 5.82. The molecule has 0 atom stereocenters. The number of carbonyl (C=O) groups is 3. The van der Waals surface area contributed by atoms with Gasteiger partial charge >= 0.3 is 54.2 Å². The summed E-state index contributed by atoms with van der Waals surface area (Å²) in [5.41, 5.74) is -0.636. The molecule has 9 nitrogen and oxygen atoms in total. The maximum absolute atomic E-state index is 13.1. The summed E-state index contributed by atoms with van der Waals surface area (Å²) in [4.78, 5) is 38.4. The second kappa shape index (κ2) is 16.6. The second-order valence-corrected chi connectivity index (χ2v) is 9.29. The summed E-state index contributed by atoms with van der Waals surface area (Å²) >= 11 is 0. The van der Waals surface area contributed by atoms with Crippen LogP contribution in [-0.4, -0.2) is 17.9 Å². The van der Waals surface area contributed by atoms with E-state index in [1.54, 1.807) is 0 Å². The summed E-state index contributed by atoms with van der Waals surface area (Å²) in [6.07, 6.45) is -8.16. The van der Waals surface area contributed by atoms with Crippen LogP contribution in [0.5, 0.6) is 34.5 Å². The van der Waals surface area contributed by atoms with Crippen LogP contribution in [0.1, 0.15) is 31.1 Å². The number of rotatable bonds is 12. The molecule has 4 aromatic rings. The minimum Gasteiger partial charge on any atom is -0.428 e. The average molecular weight is 726 g/mol. The number of halogens is 9. The van der Waals surface area contributed by atoms with Crippen molar-refractivity contribution in [1.82, 2.24) is 0 Å². The molecule has 0 saturated heterocycles. The van der Waals surface area contributed by atoms with E-state index in [2.05, 4.69) is 14.2 Å². The molecule has 0 aliphatic rings. The Bertz CT molecular complexity index is 1770. The van der Waals surface area contributed by atoms with Gasteiger partial charge in [-0.1, -0.05) is 0 Å². The Morgan fingerprint density at radius 3 is 0.725 bits per heavy atom. The van der Waals surface area contributed by atoms with E-state index in [0.717, 1.165) is 91.0 Å². The van der Waals surface area contributed by atoms with Crippen molar-refractivity contribution in [3.63, 3.8) is 0 Å². The molecule has 0 heterocycles. The van der Waals surface area contributed by atoms with Crippen LogP contribution in [-0.2, 0) is 0 Å². The van der Waals surface area contributed by atoms with Crippen LogP contribution < -0.4 is 28.4 Å². The Morgan fingerprint density at radius 1 is 0.314 bits per heavy atom. The summed E-state index contributed by atoms with van der Waals surface area (Å²) in [6, 6.07) is 8.46. The minimum absolute atomic E-state index is 0.212. The number of ether oxygens (including phenoxy) is 6. The number of hydrogen-bond acceptors (Lipinski definition) is 9. The van der Waals surface area contributed by atoms with E-state index in [1.807, 2.05) is 0 Å². The quantitative estimate of drug-likeness (QED) is 0.0611. The standard InChI is InChI=1S/C33H15F9O9/c34-25(35)28(40)46-19-7-1-16(2-8-19)31(43)49-22-13-23(50-32(44)17-3-9-20(10-4-17)47-29(41)26(36)37)15-24(14-22)51-33(45)18-5-11-21(12-6-18)48-30(42)27(38)39/h1-15H. The molecule has 18 heteroatoms. The molecule has 0 aliphatic carbocycles. The highest BCUT2D eigenvalue weighted by Crippen LogP contribution is 2.31. The Labute approximate surface area is 278 Å². The molecule has 4 aromatic carbocycles. The summed E-state index contributed by atoms with van der Waals surface area (Å²) in [5.74, 6) is -5.69. The lowest BCUT2D eigenvalue weighted by molar-refractivity contribution is 0.0730. The van der Waals surface area contributed by atoms with Crippen molar-refractivity contribution in [3.05, 3.63) is 144 Å². The van der Waals surface area contributed by atoms with E-state index in [4.69, 9.17) is 14.2 Å². The zero-order chi connectivity index (χ0) is 37.2. The second-order valence-electron chi connectivity index (χ2n) is 9.29. The van der Waals surface area contributed by atoms with Gasteiger partial charge in [0.25, 0.3) is 0 Å². The Hall–Kier alpha value is -6.72. The van der Waals surface area contributed by atoms with E-state index < -0.39 is 88.7 Å². The molecule has 0 bridgehead atoms. The van der Waals surface area contributed by atoms with Crippen molar-refractivity contribution in [3.8, 4) is 34.5 Å². The number of hydrogen-bond donors (Lipinski definition) is 0. The Kier molecular flexibility index (Phi) is 12.1. The van der Waals surface area contributed by atoms with Gasteiger partial charge in [0, 0.05) is 18.2 Å². The van der Waals surface area contributed by atoms with Gasteiger partial charge in [0.1, 0.15) is 34.5 Å². The summed E-state index contributed by atoms with van der Waals surface area (Å²) < 4.78 is 142. The highest BCUT2D eigenvalue weighted by atomic mass is 19.3. The van der Waals surface area contributed by atoms with Gasteiger partial charge in [0.2, 0.25) is 0 Å². The van der Waals surface area contributed by atoms with E-state index in [9.17, 15) is 53.9 Å². The first-order chi connectivity index (χ1) is 24.2. The molecule has 4 rings (SSSR count). The predicted molar refractivity (Wildman–Crippen MR) is 154 cm³/mol. The lowest BCUT2D eigenvalue weighted by Crippen LogP contribution is -2.12. The molecule has 0 unspecified atom stereocenters. The summed E-state index contributed by atoms with van der Waals surface area (Å²) in [7, 11) is 0. The minimum atomic E-state index is -2.72. The molecule has 264 valence electrons. The topological polar surface area (TPSA) is 107 Å². The molecule has 0 aromatic heterocycles. The van der Waals surface area contributed by atoms with Crippen LogP contribution >= 0.6 is 0 Å². The predicted octanol–water partition coefficient (Wildman–Crippen LogP) is 9.59. The van der Waals surface area contributed by atoms with Crippen LogP contribution in [0.15, 0.2) is 127 Å². The van der Waals surface area contributed by atoms with Gasteiger partial charge in [-0.25, -0.2) is 14.4 Å². The number of esters is 3. The normalized spacial score (nSPS) is 10.3. The Balaban J connectivity index is 1.57. The van der Waals surface area contributed by atoms with Gasteiger partial charge in [-0.05, 0) is 72.8 Å². The van der Waals surface area contributed by atoms with Crippen LogP contribution in [0.4, 0.5) is 39.5 Å². The first-order valence-corrected chi connectivity index (χ1v) is 13.5. The van der Waals surface area contributed by atoms with Crippen molar-refractivity contribution < 1.29 is 82.3 Å². The van der Waals surface area contributed by atoms with Crippen molar-refractivity contribution in [2.45, 2.75) is 0 Å². The van der Waals surface area contributed by atoms with Gasteiger partial charge in [-0.3, -0.25) is 0 Å². The lowest BCUT2D eigenvalue weighted by Gasteiger charge is -2.12. The largest absolute Gasteiger partial charge is 0.428 e. The summed E-state index contributed by atoms with van der Waals surface area (Å²) in [6.45, 7) is 0. The summed E-state index contributed by atoms with van der Waals surface area (Å²) in [5, 5.41) is 0. The van der Waals surface area contributed by atoms with E-state index >= 15 is 0 Å².